The maximum absolute atomic E-state index is 13.1. The van der Waals surface area contributed by atoms with Crippen LogP contribution in [0.2, 0.25) is 10.0 Å². The number of nitrogens with one attached hydrogen (secondary N) is 3. The van der Waals surface area contributed by atoms with Crippen molar-refractivity contribution in [2.24, 2.45) is 0 Å². The first-order valence-electron chi connectivity index (χ1n) is 13.6. The minimum atomic E-state index is -0.202. The fourth-order valence-corrected chi connectivity index (χ4v) is 5.49. The summed E-state index contributed by atoms with van der Waals surface area (Å²) in [5.74, 6) is -0.325. The third-order valence-electron chi connectivity index (χ3n) is 7.49. The van der Waals surface area contributed by atoms with Crippen molar-refractivity contribution < 1.29 is 9.59 Å². The molecule has 3 N–H and O–H groups in total. The number of hydrogen-bond acceptors (Lipinski definition) is 4. The molecule has 8 nitrogen and oxygen atoms in total. The SMILES string of the molecule is CCN(CC)CCNC(=O)c1c(C)[nH]c(/C=C2\C(=O)Nc3ccc(-c4ccnn4-c4ccc(Cl)c(Cl)c4)cc32)c1C. The van der Waals surface area contributed by atoms with E-state index in [0.29, 0.717) is 27.7 Å². The highest BCUT2D eigenvalue weighted by Crippen LogP contribution is 2.37. The van der Waals surface area contributed by atoms with Crippen molar-refractivity contribution in [3.05, 3.63) is 86.8 Å². The zero-order valence-corrected chi connectivity index (χ0v) is 25.0. The summed E-state index contributed by atoms with van der Waals surface area (Å²) < 4.78 is 1.78. The number of likely N-dealkylation sites (N-methyl/N-ethyl adjacent to an activating group) is 1. The average Bonchev–Trinajstić information content (AvgIpc) is 3.64. The highest BCUT2D eigenvalue weighted by Gasteiger charge is 2.27. The van der Waals surface area contributed by atoms with Crippen molar-refractivity contribution in [2.45, 2.75) is 27.7 Å². The van der Waals surface area contributed by atoms with Crippen LogP contribution in [0.4, 0.5) is 5.69 Å². The molecule has 0 aliphatic carbocycles. The van der Waals surface area contributed by atoms with Crippen molar-refractivity contribution >= 4 is 52.4 Å². The fourth-order valence-electron chi connectivity index (χ4n) is 5.19. The lowest BCUT2D eigenvalue weighted by Gasteiger charge is -2.18. The van der Waals surface area contributed by atoms with E-state index in [2.05, 4.69) is 39.5 Å². The van der Waals surface area contributed by atoms with Crippen LogP contribution in [0.3, 0.4) is 0 Å². The van der Waals surface area contributed by atoms with Gasteiger partial charge < -0.3 is 20.5 Å². The smallest absolute Gasteiger partial charge is 0.256 e. The maximum Gasteiger partial charge on any atom is 0.256 e. The van der Waals surface area contributed by atoms with Gasteiger partial charge in [-0.05, 0) is 75.0 Å². The number of amides is 2. The Morgan fingerprint density at radius 1 is 1.07 bits per heavy atom. The number of aromatic nitrogens is 3. The standard InChI is InChI=1S/C31H32Cl2N6O2/c1-5-38(6-2)14-13-34-31(41)29-18(3)27(36-19(29)4)17-23-22-15-20(7-10-26(22)37-30(23)40)28-11-12-35-39(28)21-8-9-24(32)25(33)16-21/h7-12,15-17,36H,5-6,13-14H2,1-4H3,(H,34,41)(H,37,40)/b23-17-. The Hall–Kier alpha value is -3.85. The van der Waals surface area contributed by atoms with Gasteiger partial charge in [0.15, 0.2) is 0 Å². The van der Waals surface area contributed by atoms with Crippen LogP contribution in [0.25, 0.3) is 28.6 Å². The van der Waals surface area contributed by atoms with E-state index in [4.69, 9.17) is 23.2 Å². The number of hydrogen-bond donors (Lipinski definition) is 3. The first-order valence-corrected chi connectivity index (χ1v) is 14.3. The molecule has 4 aromatic rings. The van der Waals surface area contributed by atoms with E-state index in [1.807, 2.05) is 50.3 Å². The third kappa shape index (κ3) is 5.68. The first kappa shape index (κ1) is 28.7. The molecule has 3 heterocycles. The summed E-state index contributed by atoms with van der Waals surface area (Å²) in [6.45, 7) is 11.2. The fraction of sp³-hybridized carbons (Fsp3) is 0.258. The molecule has 0 spiro atoms. The molecule has 0 saturated carbocycles. The Morgan fingerprint density at radius 3 is 2.59 bits per heavy atom. The van der Waals surface area contributed by atoms with Crippen LogP contribution in [0, 0.1) is 13.8 Å². The molecule has 0 bridgehead atoms. The number of carbonyl (C=O) groups excluding carboxylic acids is 2. The monoisotopic (exact) mass is 590 g/mol. The lowest BCUT2D eigenvalue weighted by atomic mass is 10.0. The van der Waals surface area contributed by atoms with E-state index in [0.717, 1.165) is 64.8 Å². The van der Waals surface area contributed by atoms with Crippen molar-refractivity contribution in [3.8, 4) is 16.9 Å². The molecule has 0 radical (unpaired) electrons. The second-order valence-electron chi connectivity index (χ2n) is 9.95. The molecule has 0 fully saturated rings. The number of anilines is 1. The maximum atomic E-state index is 13.1. The van der Waals surface area contributed by atoms with Gasteiger partial charge in [0, 0.05) is 41.3 Å². The van der Waals surface area contributed by atoms with Crippen molar-refractivity contribution in [1.82, 2.24) is 25.0 Å². The lowest BCUT2D eigenvalue weighted by molar-refractivity contribution is -0.110. The second kappa shape index (κ2) is 11.9. The Kier molecular flexibility index (Phi) is 8.35. The van der Waals surface area contributed by atoms with Crippen molar-refractivity contribution in [2.75, 3.05) is 31.5 Å². The van der Waals surface area contributed by atoms with Gasteiger partial charge in [0.1, 0.15) is 0 Å². The average molecular weight is 592 g/mol. The van der Waals surface area contributed by atoms with Crippen LogP contribution >= 0.6 is 23.2 Å². The minimum Gasteiger partial charge on any atom is -0.358 e. The predicted octanol–water partition coefficient (Wildman–Crippen LogP) is 6.36. The molecule has 2 aromatic carbocycles. The molecule has 0 atom stereocenters. The zero-order chi connectivity index (χ0) is 29.3. The lowest BCUT2D eigenvalue weighted by Crippen LogP contribution is -2.35. The number of aromatic amines is 1. The van der Waals surface area contributed by atoms with Crippen LogP contribution in [0.15, 0.2) is 48.7 Å². The second-order valence-corrected chi connectivity index (χ2v) is 10.8. The molecule has 1 aliphatic rings. The van der Waals surface area contributed by atoms with E-state index < -0.39 is 0 Å². The number of nitrogens with zero attached hydrogens (tertiary/aromatic N) is 3. The van der Waals surface area contributed by atoms with Crippen LogP contribution in [0.1, 0.15) is 46.7 Å². The van der Waals surface area contributed by atoms with Crippen LogP contribution < -0.4 is 10.6 Å². The molecule has 1 aliphatic heterocycles. The van der Waals surface area contributed by atoms with E-state index in [-0.39, 0.29) is 11.8 Å². The van der Waals surface area contributed by atoms with E-state index in [9.17, 15) is 9.59 Å². The van der Waals surface area contributed by atoms with Crippen molar-refractivity contribution in [3.63, 3.8) is 0 Å². The van der Waals surface area contributed by atoms with E-state index in [1.54, 1.807) is 23.0 Å². The number of H-pyrrole nitrogens is 1. The summed E-state index contributed by atoms with van der Waals surface area (Å²) in [5.41, 5.74) is 7.37. The van der Waals surface area contributed by atoms with Gasteiger partial charge in [-0.15, -0.1) is 0 Å². The number of benzene rings is 2. The van der Waals surface area contributed by atoms with Gasteiger partial charge in [0.2, 0.25) is 0 Å². The van der Waals surface area contributed by atoms with Crippen LogP contribution in [-0.4, -0.2) is 57.7 Å². The van der Waals surface area contributed by atoms with Crippen LogP contribution in [0.5, 0.6) is 0 Å². The van der Waals surface area contributed by atoms with Gasteiger partial charge in [-0.25, -0.2) is 4.68 Å². The molecule has 41 heavy (non-hydrogen) atoms. The largest absolute Gasteiger partial charge is 0.358 e. The minimum absolute atomic E-state index is 0.123. The molecule has 10 heteroatoms. The number of rotatable bonds is 9. The molecular formula is C31H32Cl2N6O2. The van der Waals surface area contributed by atoms with Crippen LogP contribution in [-0.2, 0) is 4.79 Å². The summed E-state index contributed by atoms with van der Waals surface area (Å²) in [6, 6.07) is 13.0. The molecule has 212 valence electrons. The highest BCUT2D eigenvalue weighted by molar-refractivity contribution is 6.42. The summed E-state index contributed by atoms with van der Waals surface area (Å²) in [6.07, 6.45) is 3.53. The van der Waals surface area contributed by atoms with Crippen molar-refractivity contribution in [1.29, 1.82) is 0 Å². The third-order valence-corrected chi connectivity index (χ3v) is 8.23. The van der Waals surface area contributed by atoms with Gasteiger partial charge in [-0.3, -0.25) is 9.59 Å². The van der Waals surface area contributed by atoms with Gasteiger partial charge >= 0.3 is 0 Å². The zero-order valence-electron chi connectivity index (χ0n) is 23.4. The number of carbonyl (C=O) groups is 2. The van der Waals surface area contributed by atoms with E-state index in [1.165, 1.54) is 0 Å². The summed E-state index contributed by atoms with van der Waals surface area (Å²) in [7, 11) is 0. The molecule has 0 saturated heterocycles. The normalized spacial score (nSPS) is 13.6. The summed E-state index contributed by atoms with van der Waals surface area (Å²) >= 11 is 12.4. The molecular weight excluding hydrogens is 559 g/mol. The Labute approximate surface area is 249 Å². The van der Waals surface area contributed by atoms with Gasteiger partial charge in [-0.2, -0.15) is 5.10 Å². The Bertz CT molecular complexity index is 1660. The molecule has 2 amide bonds. The molecule has 2 aromatic heterocycles. The number of fused-ring (bicyclic) bond motifs is 1. The quantitative estimate of drug-likeness (QED) is 0.198. The topological polar surface area (TPSA) is 95.1 Å². The summed E-state index contributed by atoms with van der Waals surface area (Å²) in [5, 5.41) is 11.4. The van der Waals surface area contributed by atoms with Gasteiger partial charge in [0.25, 0.3) is 11.8 Å². The molecule has 0 unspecified atom stereocenters. The number of halogens is 2. The number of aryl methyl sites for hydroxylation is 1. The highest BCUT2D eigenvalue weighted by atomic mass is 35.5. The van der Waals surface area contributed by atoms with Gasteiger partial charge in [-0.1, -0.05) is 43.1 Å². The first-order chi connectivity index (χ1) is 19.7. The summed E-state index contributed by atoms with van der Waals surface area (Å²) in [4.78, 5) is 31.7. The Balaban J connectivity index is 1.45. The molecule has 5 rings (SSSR count). The van der Waals surface area contributed by atoms with Gasteiger partial charge in [0.05, 0.1) is 38.8 Å². The van der Waals surface area contributed by atoms with E-state index >= 15 is 0 Å². The Morgan fingerprint density at radius 2 is 1.85 bits per heavy atom. The predicted molar refractivity (Wildman–Crippen MR) is 166 cm³/mol.